The maximum absolute atomic E-state index is 4.65. The van der Waals surface area contributed by atoms with Gasteiger partial charge in [-0.1, -0.05) is 6.92 Å². The molecule has 0 unspecified atom stereocenters. The Kier molecular flexibility index (Phi) is 3.82. The Bertz CT molecular complexity index is 374. The summed E-state index contributed by atoms with van der Waals surface area (Å²) in [6.07, 6.45) is 3.60. The van der Waals surface area contributed by atoms with Gasteiger partial charge in [-0.3, -0.25) is 0 Å². The Morgan fingerprint density at radius 3 is 2.71 bits per heavy atom. The van der Waals surface area contributed by atoms with Crippen molar-refractivity contribution in [1.82, 2.24) is 9.97 Å². The lowest BCUT2D eigenvalue weighted by Gasteiger charge is -2.17. The molecule has 4 heteroatoms. The topological polar surface area (TPSA) is 41.0 Å². The van der Waals surface area contributed by atoms with Crippen LogP contribution in [-0.2, 0) is 0 Å². The zero-order valence-electron chi connectivity index (χ0n) is 11.0. The molecule has 1 aliphatic carbocycles. The standard InChI is InChI=1S/C13H22N4/c1-4-8-14-11-9-12(17(3)5-2)16-13(15-11)10-6-7-10/h9-10H,4-8H2,1-3H3,(H,14,15,16). The van der Waals surface area contributed by atoms with E-state index in [1.165, 1.54) is 12.8 Å². The van der Waals surface area contributed by atoms with E-state index in [1.807, 2.05) is 6.07 Å². The average Bonchev–Trinajstić information content (AvgIpc) is 3.19. The highest BCUT2D eigenvalue weighted by Gasteiger charge is 2.27. The number of rotatable bonds is 6. The Labute approximate surface area is 103 Å². The molecular weight excluding hydrogens is 212 g/mol. The van der Waals surface area contributed by atoms with E-state index in [4.69, 9.17) is 0 Å². The summed E-state index contributed by atoms with van der Waals surface area (Å²) < 4.78 is 0. The summed E-state index contributed by atoms with van der Waals surface area (Å²) in [6.45, 7) is 6.23. The van der Waals surface area contributed by atoms with Crippen molar-refractivity contribution in [1.29, 1.82) is 0 Å². The second kappa shape index (κ2) is 5.34. The molecule has 1 aromatic heterocycles. The van der Waals surface area contributed by atoms with Crippen LogP contribution >= 0.6 is 0 Å². The zero-order chi connectivity index (χ0) is 12.3. The smallest absolute Gasteiger partial charge is 0.136 e. The summed E-state index contributed by atoms with van der Waals surface area (Å²) >= 11 is 0. The van der Waals surface area contributed by atoms with E-state index in [0.29, 0.717) is 5.92 Å². The quantitative estimate of drug-likeness (QED) is 0.821. The molecule has 0 aromatic carbocycles. The van der Waals surface area contributed by atoms with Crippen LogP contribution in [0.2, 0.25) is 0 Å². The summed E-state index contributed by atoms with van der Waals surface area (Å²) in [7, 11) is 2.07. The molecule has 1 aliphatic rings. The number of nitrogens with one attached hydrogen (secondary N) is 1. The van der Waals surface area contributed by atoms with Crippen molar-refractivity contribution in [3.8, 4) is 0 Å². The number of anilines is 2. The third-order valence-electron chi connectivity index (χ3n) is 3.09. The van der Waals surface area contributed by atoms with Crippen molar-refractivity contribution >= 4 is 11.6 Å². The van der Waals surface area contributed by atoms with Crippen molar-refractivity contribution in [3.05, 3.63) is 11.9 Å². The molecule has 17 heavy (non-hydrogen) atoms. The highest BCUT2D eigenvalue weighted by atomic mass is 15.2. The van der Waals surface area contributed by atoms with Crippen LogP contribution in [0, 0.1) is 0 Å². The molecule has 4 nitrogen and oxygen atoms in total. The fourth-order valence-electron chi connectivity index (χ4n) is 1.68. The minimum absolute atomic E-state index is 0.599. The molecule has 94 valence electrons. The lowest BCUT2D eigenvalue weighted by Crippen LogP contribution is -2.19. The number of aromatic nitrogens is 2. The molecule has 0 radical (unpaired) electrons. The summed E-state index contributed by atoms with van der Waals surface area (Å²) in [4.78, 5) is 11.4. The van der Waals surface area contributed by atoms with Crippen molar-refractivity contribution in [3.63, 3.8) is 0 Å². The van der Waals surface area contributed by atoms with Crippen LogP contribution in [0.5, 0.6) is 0 Å². The van der Waals surface area contributed by atoms with Crippen molar-refractivity contribution < 1.29 is 0 Å². The van der Waals surface area contributed by atoms with Gasteiger partial charge >= 0.3 is 0 Å². The molecule has 0 spiro atoms. The summed E-state index contributed by atoms with van der Waals surface area (Å²) in [5.74, 6) is 3.62. The van der Waals surface area contributed by atoms with Gasteiger partial charge in [0.1, 0.15) is 17.5 Å². The molecular formula is C13H22N4. The minimum Gasteiger partial charge on any atom is -0.370 e. The number of nitrogens with zero attached hydrogens (tertiary/aromatic N) is 3. The Morgan fingerprint density at radius 1 is 1.35 bits per heavy atom. The van der Waals surface area contributed by atoms with Gasteiger partial charge in [0.25, 0.3) is 0 Å². The maximum Gasteiger partial charge on any atom is 0.136 e. The maximum atomic E-state index is 4.65. The van der Waals surface area contributed by atoms with E-state index in [2.05, 4.69) is 41.1 Å². The molecule has 0 saturated heterocycles. The van der Waals surface area contributed by atoms with Gasteiger partial charge in [0.15, 0.2) is 0 Å². The van der Waals surface area contributed by atoms with E-state index < -0.39 is 0 Å². The van der Waals surface area contributed by atoms with E-state index in [1.54, 1.807) is 0 Å². The Balaban J connectivity index is 2.21. The van der Waals surface area contributed by atoms with Gasteiger partial charge in [-0.05, 0) is 26.2 Å². The summed E-state index contributed by atoms with van der Waals surface area (Å²) in [5, 5.41) is 3.36. The van der Waals surface area contributed by atoms with Crippen LogP contribution in [0.4, 0.5) is 11.6 Å². The second-order valence-corrected chi connectivity index (χ2v) is 4.68. The molecule has 2 rings (SSSR count). The minimum atomic E-state index is 0.599. The van der Waals surface area contributed by atoms with Crippen LogP contribution in [0.1, 0.15) is 44.9 Å². The molecule has 0 amide bonds. The normalized spacial score (nSPS) is 14.8. The van der Waals surface area contributed by atoms with Crippen molar-refractivity contribution in [2.24, 2.45) is 0 Å². The lowest BCUT2D eigenvalue weighted by atomic mass is 10.3. The molecule has 1 N–H and O–H groups in total. The lowest BCUT2D eigenvalue weighted by molar-refractivity contribution is 0.868. The zero-order valence-corrected chi connectivity index (χ0v) is 11.0. The predicted molar refractivity (Wildman–Crippen MR) is 71.7 cm³/mol. The molecule has 1 aromatic rings. The van der Waals surface area contributed by atoms with Crippen LogP contribution in [0.15, 0.2) is 6.07 Å². The van der Waals surface area contributed by atoms with Gasteiger partial charge in [-0.25, -0.2) is 9.97 Å². The average molecular weight is 234 g/mol. The van der Waals surface area contributed by atoms with Gasteiger partial charge in [0.05, 0.1) is 0 Å². The van der Waals surface area contributed by atoms with Gasteiger partial charge in [0, 0.05) is 32.1 Å². The van der Waals surface area contributed by atoms with Crippen LogP contribution in [0.3, 0.4) is 0 Å². The molecule has 0 bridgehead atoms. The van der Waals surface area contributed by atoms with E-state index in [9.17, 15) is 0 Å². The van der Waals surface area contributed by atoms with Gasteiger partial charge in [-0.2, -0.15) is 0 Å². The highest BCUT2D eigenvalue weighted by molar-refractivity contribution is 5.49. The molecule has 0 atom stereocenters. The van der Waals surface area contributed by atoms with Crippen molar-refractivity contribution in [2.75, 3.05) is 30.4 Å². The second-order valence-electron chi connectivity index (χ2n) is 4.68. The van der Waals surface area contributed by atoms with Crippen LogP contribution < -0.4 is 10.2 Å². The van der Waals surface area contributed by atoms with E-state index >= 15 is 0 Å². The first-order valence-electron chi connectivity index (χ1n) is 6.58. The molecule has 1 fully saturated rings. The fourth-order valence-corrected chi connectivity index (χ4v) is 1.68. The van der Waals surface area contributed by atoms with Crippen LogP contribution in [-0.4, -0.2) is 30.1 Å². The Morgan fingerprint density at radius 2 is 2.12 bits per heavy atom. The van der Waals surface area contributed by atoms with Gasteiger partial charge in [-0.15, -0.1) is 0 Å². The largest absolute Gasteiger partial charge is 0.370 e. The fraction of sp³-hybridized carbons (Fsp3) is 0.692. The third kappa shape index (κ3) is 3.08. The summed E-state index contributed by atoms with van der Waals surface area (Å²) in [6, 6.07) is 2.05. The van der Waals surface area contributed by atoms with E-state index in [0.717, 1.165) is 37.0 Å². The van der Waals surface area contributed by atoms with Gasteiger partial charge in [0.2, 0.25) is 0 Å². The SMILES string of the molecule is CCCNc1cc(N(C)CC)nc(C2CC2)n1. The first-order valence-corrected chi connectivity index (χ1v) is 6.58. The van der Waals surface area contributed by atoms with Crippen LogP contribution in [0.25, 0.3) is 0 Å². The number of hydrogen-bond donors (Lipinski definition) is 1. The Hall–Kier alpha value is -1.32. The summed E-state index contributed by atoms with van der Waals surface area (Å²) in [5.41, 5.74) is 0. The predicted octanol–water partition coefficient (Wildman–Crippen LogP) is 2.63. The molecule has 1 heterocycles. The van der Waals surface area contributed by atoms with Gasteiger partial charge < -0.3 is 10.2 Å². The van der Waals surface area contributed by atoms with E-state index in [-0.39, 0.29) is 0 Å². The molecule has 1 saturated carbocycles. The monoisotopic (exact) mass is 234 g/mol. The molecule has 0 aliphatic heterocycles. The highest BCUT2D eigenvalue weighted by Crippen LogP contribution is 2.39. The first kappa shape index (κ1) is 12.1. The number of hydrogen-bond acceptors (Lipinski definition) is 4. The third-order valence-corrected chi connectivity index (χ3v) is 3.09. The first-order chi connectivity index (χ1) is 8.24. The van der Waals surface area contributed by atoms with Crippen molar-refractivity contribution in [2.45, 2.75) is 39.0 Å².